The van der Waals surface area contributed by atoms with Crippen LogP contribution in [0, 0.1) is 13.8 Å². The van der Waals surface area contributed by atoms with Crippen molar-refractivity contribution in [2.45, 2.75) is 53.6 Å². The number of hydrogen-bond acceptors (Lipinski definition) is 2. The first kappa shape index (κ1) is 14.0. The summed E-state index contributed by atoms with van der Waals surface area (Å²) in [6.45, 7) is 16.5. The van der Waals surface area contributed by atoms with Gasteiger partial charge in [0.25, 0.3) is 0 Å². The zero-order chi connectivity index (χ0) is 13.0. The maximum Gasteiger partial charge on any atom is 0.0632 e. The fraction of sp³-hybridized carbons (Fsp3) is 0.643. The van der Waals surface area contributed by atoms with E-state index in [4.69, 9.17) is 0 Å². The molecule has 3 heteroatoms. The van der Waals surface area contributed by atoms with Crippen LogP contribution in [0.2, 0.25) is 0 Å². The zero-order valence-corrected chi connectivity index (χ0v) is 11.8. The van der Waals surface area contributed by atoms with Gasteiger partial charge in [-0.3, -0.25) is 4.68 Å². The van der Waals surface area contributed by atoms with Crippen LogP contribution in [0.5, 0.6) is 0 Å². The van der Waals surface area contributed by atoms with Crippen molar-refractivity contribution in [3.63, 3.8) is 0 Å². The summed E-state index contributed by atoms with van der Waals surface area (Å²) in [4.78, 5) is 0. The minimum absolute atomic E-state index is 0.499. The van der Waals surface area contributed by atoms with Gasteiger partial charge in [0.15, 0.2) is 0 Å². The van der Waals surface area contributed by atoms with Crippen molar-refractivity contribution in [2.75, 3.05) is 6.54 Å². The van der Waals surface area contributed by atoms with Crippen molar-refractivity contribution in [1.82, 2.24) is 15.1 Å². The summed E-state index contributed by atoms with van der Waals surface area (Å²) < 4.78 is 2.07. The van der Waals surface area contributed by atoms with Crippen molar-refractivity contribution in [1.29, 1.82) is 0 Å². The predicted octanol–water partition coefficient (Wildman–Crippen LogP) is 2.62. The quantitative estimate of drug-likeness (QED) is 0.768. The summed E-state index contributed by atoms with van der Waals surface area (Å²) in [5, 5.41) is 7.96. The monoisotopic (exact) mass is 235 g/mol. The van der Waals surface area contributed by atoms with E-state index in [1.807, 2.05) is 0 Å². The van der Waals surface area contributed by atoms with Crippen LogP contribution in [0.15, 0.2) is 12.2 Å². The average molecular weight is 235 g/mol. The van der Waals surface area contributed by atoms with E-state index in [9.17, 15) is 0 Å². The Morgan fingerprint density at radius 1 is 1.41 bits per heavy atom. The van der Waals surface area contributed by atoms with Crippen molar-refractivity contribution in [3.05, 3.63) is 29.1 Å². The number of nitrogens with zero attached hydrogens (tertiary/aromatic N) is 2. The number of aromatic nitrogens is 2. The molecule has 0 aliphatic heterocycles. The Morgan fingerprint density at radius 3 is 2.53 bits per heavy atom. The first-order valence-corrected chi connectivity index (χ1v) is 6.38. The van der Waals surface area contributed by atoms with Crippen molar-refractivity contribution >= 4 is 0 Å². The van der Waals surface area contributed by atoms with Gasteiger partial charge in [-0.1, -0.05) is 27.4 Å². The largest absolute Gasteiger partial charge is 0.311 e. The Morgan fingerprint density at radius 2 is 2.06 bits per heavy atom. The summed E-state index contributed by atoms with van der Waals surface area (Å²) in [6.07, 6.45) is 1.05. The molecule has 17 heavy (non-hydrogen) atoms. The van der Waals surface area contributed by atoms with E-state index < -0.39 is 0 Å². The van der Waals surface area contributed by atoms with Crippen LogP contribution >= 0.6 is 0 Å². The molecule has 0 amide bonds. The lowest BCUT2D eigenvalue weighted by atomic mass is 10.1. The fourth-order valence-electron chi connectivity index (χ4n) is 2.02. The van der Waals surface area contributed by atoms with Gasteiger partial charge in [0.05, 0.1) is 12.2 Å². The van der Waals surface area contributed by atoms with Crippen molar-refractivity contribution in [2.24, 2.45) is 0 Å². The molecule has 0 spiro atoms. The molecule has 0 unspecified atom stereocenters. The highest BCUT2D eigenvalue weighted by Crippen LogP contribution is 2.14. The molecule has 1 rings (SSSR count). The predicted molar refractivity (Wildman–Crippen MR) is 73.4 cm³/mol. The maximum atomic E-state index is 4.58. The molecule has 0 aromatic carbocycles. The summed E-state index contributed by atoms with van der Waals surface area (Å²) in [6, 6.07) is 0.499. The number of rotatable bonds is 6. The van der Waals surface area contributed by atoms with Gasteiger partial charge >= 0.3 is 0 Å². The van der Waals surface area contributed by atoms with Gasteiger partial charge in [-0.05, 0) is 31.4 Å². The highest BCUT2D eigenvalue weighted by atomic mass is 15.3. The molecule has 0 aliphatic carbocycles. The highest BCUT2D eigenvalue weighted by Gasteiger charge is 2.10. The van der Waals surface area contributed by atoms with E-state index in [-0.39, 0.29) is 0 Å². The van der Waals surface area contributed by atoms with E-state index in [1.54, 1.807) is 0 Å². The van der Waals surface area contributed by atoms with E-state index in [0.717, 1.165) is 25.2 Å². The van der Waals surface area contributed by atoms with E-state index in [1.165, 1.54) is 16.8 Å². The van der Waals surface area contributed by atoms with Gasteiger partial charge in [0, 0.05) is 18.3 Å². The Labute approximate surface area is 105 Å². The van der Waals surface area contributed by atoms with Crippen LogP contribution in [0.4, 0.5) is 0 Å². The Balaban J connectivity index is 2.66. The van der Waals surface area contributed by atoms with Crippen LogP contribution in [0.3, 0.4) is 0 Å². The number of aryl methyl sites for hydroxylation is 1. The molecule has 0 aliphatic rings. The van der Waals surface area contributed by atoms with Gasteiger partial charge in [0.1, 0.15) is 0 Å². The topological polar surface area (TPSA) is 29.9 Å². The summed E-state index contributed by atoms with van der Waals surface area (Å²) in [5.41, 5.74) is 4.96. The summed E-state index contributed by atoms with van der Waals surface area (Å²) in [7, 11) is 0. The Hall–Kier alpha value is -1.09. The minimum Gasteiger partial charge on any atom is -0.311 e. The lowest BCUT2D eigenvalue weighted by Crippen LogP contribution is -2.26. The molecule has 1 heterocycles. The molecule has 0 bridgehead atoms. The van der Waals surface area contributed by atoms with Gasteiger partial charge in [-0.25, -0.2) is 0 Å². The first-order chi connectivity index (χ1) is 7.95. The second-order valence-corrected chi connectivity index (χ2v) is 4.95. The SMILES string of the molecule is C=C(CNC(C)C)Cn1nc(C)c(CC)c1C. The third kappa shape index (κ3) is 3.70. The number of hydrogen-bond donors (Lipinski definition) is 1. The van der Waals surface area contributed by atoms with E-state index in [0.29, 0.717) is 6.04 Å². The number of nitrogens with one attached hydrogen (secondary N) is 1. The van der Waals surface area contributed by atoms with Crippen LogP contribution in [-0.4, -0.2) is 22.4 Å². The molecule has 0 saturated carbocycles. The normalized spacial score (nSPS) is 11.2. The average Bonchev–Trinajstić information content (AvgIpc) is 2.51. The summed E-state index contributed by atoms with van der Waals surface area (Å²) >= 11 is 0. The van der Waals surface area contributed by atoms with Crippen LogP contribution in [-0.2, 0) is 13.0 Å². The molecule has 1 aromatic heterocycles. The lowest BCUT2D eigenvalue weighted by molar-refractivity contribution is 0.581. The van der Waals surface area contributed by atoms with Gasteiger partial charge in [-0.2, -0.15) is 5.10 Å². The van der Waals surface area contributed by atoms with Gasteiger partial charge in [-0.15, -0.1) is 0 Å². The zero-order valence-electron chi connectivity index (χ0n) is 11.8. The molecule has 0 atom stereocenters. The fourth-order valence-corrected chi connectivity index (χ4v) is 2.02. The molecular weight excluding hydrogens is 210 g/mol. The molecule has 0 fully saturated rings. The maximum absolute atomic E-state index is 4.58. The van der Waals surface area contributed by atoms with Crippen LogP contribution in [0.1, 0.15) is 37.7 Å². The third-order valence-corrected chi connectivity index (χ3v) is 3.02. The first-order valence-electron chi connectivity index (χ1n) is 6.38. The molecule has 1 aromatic rings. The van der Waals surface area contributed by atoms with E-state index in [2.05, 4.69) is 56.3 Å². The van der Waals surface area contributed by atoms with Crippen LogP contribution in [0.25, 0.3) is 0 Å². The molecule has 96 valence electrons. The van der Waals surface area contributed by atoms with Crippen molar-refractivity contribution in [3.8, 4) is 0 Å². The highest BCUT2D eigenvalue weighted by molar-refractivity contribution is 5.24. The molecule has 1 N–H and O–H groups in total. The molecule has 3 nitrogen and oxygen atoms in total. The molecule has 0 radical (unpaired) electrons. The van der Waals surface area contributed by atoms with Gasteiger partial charge < -0.3 is 5.32 Å². The lowest BCUT2D eigenvalue weighted by Gasteiger charge is -2.11. The molecular formula is C14H25N3. The van der Waals surface area contributed by atoms with Crippen LogP contribution < -0.4 is 5.32 Å². The van der Waals surface area contributed by atoms with E-state index >= 15 is 0 Å². The Bertz CT molecular complexity index is 388. The minimum atomic E-state index is 0.499. The third-order valence-electron chi connectivity index (χ3n) is 3.02. The second-order valence-electron chi connectivity index (χ2n) is 4.95. The second kappa shape index (κ2) is 6.01. The Kier molecular flexibility index (Phi) is 4.94. The molecule has 0 saturated heterocycles. The van der Waals surface area contributed by atoms with Gasteiger partial charge in [0.2, 0.25) is 0 Å². The standard InChI is InChI=1S/C14H25N3/c1-7-14-12(5)16-17(13(14)6)9-11(4)8-15-10(2)3/h10,15H,4,7-9H2,1-3,5-6H3. The smallest absolute Gasteiger partial charge is 0.0632 e. The van der Waals surface area contributed by atoms with Crippen molar-refractivity contribution < 1.29 is 0 Å². The summed E-state index contributed by atoms with van der Waals surface area (Å²) in [5.74, 6) is 0.